The Hall–Kier alpha value is -1.85. The fourth-order valence-electron chi connectivity index (χ4n) is 1.85. The zero-order valence-corrected chi connectivity index (χ0v) is 11.6. The summed E-state index contributed by atoms with van der Waals surface area (Å²) in [7, 11) is 0. The summed E-state index contributed by atoms with van der Waals surface area (Å²) in [5.74, 6) is -0.873. The van der Waals surface area contributed by atoms with Crippen molar-refractivity contribution in [3.05, 3.63) is 51.5 Å². The van der Waals surface area contributed by atoms with E-state index in [1.54, 1.807) is 22.8 Å². The number of carbonyl (C=O) groups is 1. The van der Waals surface area contributed by atoms with Crippen LogP contribution < -0.4 is 5.32 Å². The molecule has 0 fully saturated rings. The van der Waals surface area contributed by atoms with E-state index in [2.05, 4.69) is 28.9 Å². The Balaban J connectivity index is 1.72. The summed E-state index contributed by atoms with van der Waals surface area (Å²) in [6.45, 7) is 0.646. The molecule has 0 unspecified atom stereocenters. The van der Waals surface area contributed by atoms with Gasteiger partial charge in [-0.2, -0.15) is 0 Å². The van der Waals surface area contributed by atoms with Crippen LogP contribution in [0.15, 0.2) is 41.1 Å². The highest BCUT2D eigenvalue weighted by molar-refractivity contribution is 7.17. The second-order valence-corrected chi connectivity index (χ2v) is 6.08. The highest BCUT2D eigenvalue weighted by Crippen LogP contribution is 2.24. The van der Waals surface area contributed by atoms with Crippen molar-refractivity contribution in [1.82, 2.24) is 0 Å². The summed E-state index contributed by atoms with van der Waals surface area (Å²) in [4.78, 5) is 11.8. The Bertz CT molecular complexity index is 730. The molecule has 3 aromatic rings. The largest absolute Gasteiger partial charge is 0.478 e. The number of hydrogen-bond donors (Lipinski definition) is 2. The Morgan fingerprint density at radius 3 is 2.89 bits per heavy atom. The van der Waals surface area contributed by atoms with Crippen molar-refractivity contribution in [2.45, 2.75) is 6.54 Å². The first-order chi connectivity index (χ1) is 9.22. The SMILES string of the molecule is O=C(O)c1csc(CNc2ccc3sccc3c2)c1. The minimum atomic E-state index is -0.873. The third kappa shape index (κ3) is 2.62. The fourth-order valence-corrected chi connectivity index (χ4v) is 3.42. The number of nitrogens with one attached hydrogen (secondary N) is 1. The van der Waals surface area contributed by atoms with Crippen LogP contribution in [0, 0.1) is 0 Å². The van der Waals surface area contributed by atoms with Gasteiger partial charge < -0.3 is 10.4 Å². The van der Waals surface area contributed by atoms with Gasteiger partial charge in [0.2, 0.25) is 0 Å². The summed E-state index contributed by atoms with van der Waals surface area (Å²) >= 11 is 3.19. The van der Waals surface area contributed by atoms with Crippen LogP contribution in [-0.4, -0.2) is 11.1 Å². The van der Waals surface area contributed by atoms with Crippen LogP contribution in [0.3, 0.4) is 0 Å². The average molecular weight is 289 g/mol. The van der Waals surface area contributed by atoms with E-state index in [0.29, 0.717) is 12.1 Å². The predicted molar refractivity (Wildman–Crippen MR) is 80.4 cm³/mol. The molecule has 0 aliphatic rings. The number of rotatable bonds is 4. The van der Waals surface area contributed by atoms with Crippen molar-refractivity contribution in [3.8, 4) is 0 Å². The lowest BCUT2D eigenvalue weighted by Crippen LogP contribution is -1.97. The molecule has 0 bridgehead atoms. The van der Waals surface area contributed by atoms with Crippen LogP contribution in [0.5, 0.6) is 0 Å². The Kier molecular flexibility index (Phi) is 3.23. The molecule has 5 heteroatoms. The molecule has 0 spiro atoms. The Morgan fingerprint density at radius 2 is 2.11 bits per heavy atom. The predicted octanol–water partition coefficient (Wildman–Crippen LogP) is 4.27. The van der Waals surface area contributed by atoms with Gasteiger partial charge in [-0.25, -0.2) is 4.79 Å². The topological polar surface area (TPSA) is 49.3 Å². The first-order valence-electron chi connectivity index (χ1n) is 5.74. The molecule has 0 radical (unpaired) electrons. The van der Waals surface area contributed by atoms with E-state index in [-0.39, 0.29) is 0 Å². The molecule has 2 heterocycles. The summed E-state index contributed by atoms with van der Waals surface area (Å²) < 4.78 is 1.27. The van der Waals surface area contributed by atoms with Crippen LogP contribution in [0.4, 0.5) is 5.69 Å². The first kappa shape index (κ1) is 12.2. The third-order valence-corrected chi connectivity index (χ3v) is 4.65. The summed E-state index contributed by atoms with van der Waals surface area (Å²) in [6.07, 6.45) is 0. The van der Waals surface area contributed by atoms with Gasteiger partial charge in [0.05, 0.1) is 5.56 Å². The molecule has 0 saturated heterocycles. The van der Waals surface area contributed by atoms with Crippen molar-refractivity contribution in [3.63, 3.8) is 0 Å². The van der Waals surface area contributed by atoms with E-state index in [1.165, 1.54) is 21.4 Å². The molecule has 0 atom stereocenters. The van der Waals surface area contributed by atoms with Gasteiger partial charge in [0.1, 0.15) is 0 Å². The number of benzene rings is 1. The van der Waals surface area contributed by atoms with Crippen molar-refractivity contribution in [2.24, 2.45) is 0 Å². The number of anilines is 1. The zero-order valence-electron chi connectivity index (χ0n) is 9.92. The van der Waals surface area contributed by atoms with Crippen LogP contribution in [-0.2, 0) is 6.54 Å². The van der Waals surface area contributed by atoms with E-state index < -0.39 is 5.97 Å². The van der Waals surface area contributed by atoms with Gasteiger partial charge in [0, 0.05) is 27.2 Å². The van der Waals surface area contributed by atoms with E-state index in [4.69, 9.17) is 5.11 Å². The second-order valence-electron chi connectivity index (χ2n) is 4.13. The van der Waals surface area contributed by atoms with Crippen molar-refractivity contribution in [1.29, 1.82) is 0 Å². The Morgan fingerprint density at radius 1 is 1.21 bits per heavy atom. The van der Waals surface area contributed by atoms with E-state index in [1.807, 2.05) is 6.07 Å². The number of hydrogen-bond acceptors (Lipinski definition) is 4. The average Bonchev–Trinajstić information content (AvgIpc) is 3.04. The van der Waals surface area contributed by atoms with Gasteiger partial charge >= 0.3 is 5.97 Å². The highest BCUT2D eigenvalue weighted by Gasteiger charge is 2.06. The lowest BCUT2D eigenvalue weighted by atomic mass is 10.2. The minimum Gasteiger partial charge on any atom is -0.478 e. The van der Waals surface area contributed by atoms with Gasteiger partial charge in [-0.3, -0.25) is 0 Å². The van der Waals surface area contributed by atoms with E-state index in [9.17, 15) is 4.79 Å². The third-order valence-electron chi connectivity index (χ3n) is 2.82. The van der Waals surface area contributed by atoms with Crippen LogP contribution in [0.1, 0.15) is 15.2 Å². The van der Waals surface area contributed by atoms with Crippen LogP contribution >= 0.6 is 22.7 Å². The standard InChI is InChI=1S/C14H11NO2S2/c16-14(17)10-6-12(19-8-10)7-15-11-1-2-13-9(5-11)3-4-18-13/h1-6,8,15H,7H2,(H,16,17). The minimum absolute atomic E-state index is 0.357. The van der Waals surface area contributed by atoms with Crippen LogP contribution in [0.2, 0.25) is 0 Å². The molecule has 0 aliphatic carbocycles. The molecule has 0 aliphatic heterocycles. The molecule has 3 rings (SSSR count). The number of carboxylic acids is 1. The lowest BCUT2D eigenvalue weighted by molar-refractivity contribution is 0.0697. The lowest BCUT2D eigenvalue weighted by Gasteiger charge is -2.04. The number of aromatic carboxylic acids is 1. The normalized spacial score (nSPS) is 10.7. The van der Waals surface area contributed by atoms with Crippen LogP contribution in [0.25, 0.3) is 10.1 Å². The maximum Gasteiger partial charge on any atom is 0.336 e. The van der Waals surface area contributed by atoms with E-state index >= 15 is 0 Å². The number of thiophene rings is 2. The van der Waals surface area contributed by atoms with Crippen molar-refractivity contribution in [2.75, 3.05) is 5.32 Å². The molecule has 2 N–H and O–H groups in total. The van der Waals surface area contributed by atoms with Gasteiger partial charge in [-0.1, -0.05) is 0 Å². The second kappa shape index (κ2) is 5.03. The fraction of sp³-hybridized carbons (Fsp3) is 0.0714. The zero-order chi connectivity index (χ0) is 13.2. The number of carboxylic acid groups (broad SMARTS) is 1. The molecular formula is C14H11NO2S2. The van der Waals surface area contributed by atoms with Crippen molar-refractivity contribution >= 4 is 44.4 Å². The molecule has 0 amide bonds. The Labute approximate surface area is 118 Å². The van der Waals surface area contributed by atoms with Gasteiger partial charge in [-0.15, -0.1) is 22.7 Å². The molecular weight excluding hydrogens is 278 g/mol. The maximum absolute atomic E-state index is 10.8. The summed E-state index contributed by atoms with van der Waals surface area (Å²) in [6, 6.07) is 10.1. The van der Waals surface area contributed by atoms with Gasteiger partial charge in [0.25, 0.3) is 0 Å². The number of fused-ring (bicyclic) bond motifs is 1. The van der Waals surface area contributed by atoms with Crippen molar-refractivity contribution < 1.29 is 9.90 Å². The quantitative estimate of drug-likeness (QED) is 0.754. The first-order valence-corrected chi connectivity index (χ1v) is 7.50. The molecule has 0 saturated carbocycles. The molecule has 1 aromatic carbocycles. The molecule has 19 heavy (non-hydrogen) atoms. The monoisotopic (exact) mass is 289 g/mol. The summed E-state index contributed by atoms with van der Waals surface area (Å²) in [5, 5.41) is 17.2. The summed E-state index contributed by atoms with van der Waals surface area (Å²) in [5.41, 5.74) is 1.41. The highest BCUT2D eigenvalue weighted by atomic mass is 32.1. The maximum atomic E-state index is 10.8. The molecule has 96 valence electrons. The molecule has 2 aromatic heterocycles. The molecule has 3 nitrogen and oxygen atoms in total. The smallest absolute Gasteiger partial charge is 0.336 e. The van der Waals surface area contributed by atoms with E-state index in [0.717, 1.165) is 10.6 Å². The van der Waals surface area contributed by atoms with Gasteiger partial charge in [0.15, 0.2) is 0 Å². The van der Waals surface area contributed by atoms with Gasteiger partial charge in [-0.05, 0) is 41.1 Å².